The van der Waals surface area contributed by atoms with E-state index in [2.05, 4.69) is 0 Å². The van der Waals surface area contributed by atoms with E-state index in [-0.39, 0.29) is 34.6 Å². The van der Waals surface area contributed by atoms with Crippen LogP contribution >= 0.6 is 11.8 Å². The third-order valence-corrected chi connectivity index (χ3v) is 4.40. The van der Waals surface area contributed by atoms with Crippen molar-refractivity contribution in [2.75, 3.05) is 6.61 Å². The van der Waals surface area contributed by atoms with Crippen LogP contribution in [0.5, 0.6) is 5.75 Å². The zero-order chi connectivity index (χ0) is 17.9. The van der Waals surface area contributed by atoms with Gasteiger partial charge in [-0.3, -0.25) is 0 Å². The number of carboxylic acid groups (broad SMARTS) is 1. The number of furan rings is 1. The van der Waals surface area contributed by atoms with Gasteiger partial charge in [0.2, 0.25) is 0 Å². The largest absolute Gasteiger partial charge is 0.488 e. The van der Waals surface area contributed by atoms with E-state index in [1.54, 1.807) is 6.92 Å². The monoisotopic (exact) mass is 351 g/mol. The van der Waals surface area contributed by atoms with Crippen molar-refractivity contribution in [3.63, 3.8) is 0 Å². The molecule has 0 spiro atoms. The highest BCUT2D eigenvalue weighted by Crippen LogP contribution is 2.32. The maximum Gasteiger partial charge on any atom is 0.339 e. The molecule has 0 aliphatic heterocycles. The van der Waals surface area contributed by atoms with Gasteiger partial charge < -0.3 is 20.0 Å². The molecule has 5 nitrogen and oxygen atoms in total. The van der Waals surface area contributed by atoms with E-state index in [1.165, 1.54) is 30.8 Å². The summed E-state index contributed by atoms with van der Waals surface area (Å²) in [7, 11) is 0. The summed E-state index contributed by atoms with van der Waals surface area (Å²) >= 11 is 1.41. The van der Waals surface area contributed by atoms with E-state index in [0.29, 0.717) is 5.70 Å². The first kappa shape index (κ1) is 17.9. The van der Waals surface area contributed by atoms with E-state index >= 15 is 0 Å². The summed E-state index contributed by atoms with van der Waals surface area (Å²) in [5.41, 5.74) is 6.25. The smallest absolute Gasteiger partial charge is 0.339 e. The fourth-order valence-electron chi connectivity index (χ4n) is 2.14. The van der Waals surface area contributed by atoms with Gasteiger partial charge in [0.1, 0.15) is 23.7 Å². The van der Waals surface area contributed by atoms with Gasteiger partial charge in [0, 0.05) is 22.1 Å². The second-order valence-electron chi connectivity index (χ2n) is 5.10. The van der Waals surface area contributed by atoms with Crippen molar-refractivity contribution in [3.05, 3.63) is 51.4 Å². The van der Waals surface area contributed by atoms with Gasteiger partial charge in [0.15, 0.2) is 11.4 Å². The van der Waals surface area contributed by atoms with Gasteiger partial charge in [-0.25, -0.2) is 9.18 Å². The number of fused-ring (bicyclic) bond motifs is 1. The Morgan fingerprint density at radius 3 is 2.79 bits per heavy atom. The van der Waals surface area contributed by atoms with E-state index < -0.39 is 11.8 Å². The van der Waals surface area contributed by atoms with Gasteiger partial charge in [-0.05, 0) is 32.2 Å². The molecule has 0 amide bonds. The number of nitrogens with two attached hydrogens (primary N) is 1. The second kappa shape index (κ2) is 7.44. The van der Waals surface area contributed by atoms with Crippen LogP contribution in [-0.4, -0.2) is 17.7 Å². The highest BCUT2D eigenvalue weighted by molar-refractivity contribution is 8.05. The molecule has 0 aliphatic carbocycles. The minimum absolute atomic E-state index is 0.0663. The van der Waals surface area contributed by atoms with Crippen LogP contribution in [-0.2, 0) is 0 Å². The Morgan fingerprint density at radius 2 is 2.21 bits per heavy atom. The van der Waals surface area contributed by atoms with Crippen LogP contribution in [0.1, 0.15) is 30.0 Å². The number of ether oxygens (including phenoxy) is 1. The average Bonchev–Trinajstić information content (AvgIpc) is 2.83. The molecule has 0 saturated carbocycles. The van der Waals surface area contributed by atoms with Crippen LogP contribution in [0.4, 0.5) is 4.39 Å². The van der Waals surface area contributed by atoms with Crippen LogP contribution in [0.25, 0.3) is 11.0 Å². The number of aryl methyl sites for hydroxylation is 1. The third-order valence-electron chi connectivity index (χ3n) is 3.26. The predicted molar refractivity (Wildman–Crippen MR) is 92.7 cm³/mol. The number of carbonyl (C=O) groups is 1. The molecule has 2 rings (SSSR count). The molecule has 0 radical (unpaired) electrons. The Labute approximate surface area is 143 Å². The van der Waals surface area contributed by atoms with Gasteiger partial charge in [-0.15, -0.1) is 0 Å². The summed E-state index contributed by atoms with van der Waals surface area (Å²) in [6.45, 7) is 5.27. The average molecular weight is 351 g/mol. The normalized spacial score (nSPS) is 12.7. The molecule has 0 saturated heterocycles. The van der Waals surface area contributed by atoms with Crippen molar-refractivity contribution in [3.8, 4) is 5.75 Å². The molecule has 2 aromatic rings. The number of carboxylic acids is 1. The maximum absolute atomic E-state index is 14.2. The minimum Gasteiger partial charge on any atom is -0.488 e. The van der Waals surface area contributed by atoms with Crippen molar-refractivity contribution in [1.29, 1.82) is 0 Å². The topological polar surface area (TPSA) is 85.7 Å². The number of allylic oxidation sites excluding steroid dienone is 2. The Kier molecular flexibility index (Phi) is 5.56. The minimum atomic E-state index is -1.18. The van der Waals surface area contributed by atoms with E-state index in [4.69, 9.17) is 14.9 Å². The summed E-state index contributed by atoms with van der Waals surface area (Å²) in [4.78, 5) is 12.1. The van der Waals surface area contributed by atoms with Crippen molar-refractivity contribution < 1.29 is 23.4 Å². The molecule has 1 aromatic carbocycles. The first-order valence-electron chi connectivity index (χ1n) is 7.17. The van der Waals surface area contributed by atoms with Crippen LogP contribution in [0.2, 0.25) is 0 Å². The summed E-state index contributed by atoms with van der Waals surface area (Å²) < 4.78 is 25.0. The SMILES string of the molecule is C/C=C\S/C(COc1cc(F)c2oc(C)c(C(=O)O)c2c1)=C(/C)N. The molecule has 0 atom stereocenters. The Morgan fingerprint density at radius 1 is 1.50 bits per heavy atom. The van der Waals surface area contributed by atoms with Crippen LogP contribution in [0.15, 0.2) is 38.6 Å². The lowest BCUT2D eigenvalue weighted by molar-refractivity contribution is 0.0697. The van der Waals surface area contributed by atoms with Gasteiger partial charge in [0.25, 0.3) is 0 Å². The molecule has 0 aliphatic rings. The number of halogens is 1. The van der Waals surface area contributed by atoms with Gasteiger partial charge in [-0.1, -0.05) is 17.8 Å². The molecule has 1 heterocycles. The van der Waals surface area contributed by atoms with Crippen molar-refractivity contribution >= 4 is 28.7 Å². The van der Waals surface area contributed by atoms with Gasteiger partial charge >= 0.3 is 5.97 Å². The lowest BCUT2D eigenvalue weighted by atomic mass is 10.1. The van der Waals surface area contributed by atoms with Crippen LogP contribution in [0.3, 0.4) is 0 Å². The fraction of sp³-hybridized carbons (Fsp3) is 0.235. The Bertz CT molecular complexity index is 835. The zero-order valence-corrected chi connectivity index (χ0v) is 14.4. The zero-order valence-electron chi connectivity index (χ0n) is 13.6. The number of rotatable bonds is 6. The Hall–Kier alpha value is -2.41. The molecule has 3 N–H and O–H groups in total. The standard InChI is InChI=1S/C17H18FNO4S/c1-4-5-24-14(9(2)19)8-22-11-6-12-15(17(20)21)10(3)23-16(12)13(18)7-11/h4-7H,8,19H2,1-3H3,(H,20,21)/b5-4-,14-9-. The van der Waals surface area contributed by atoms with Crippen molar-refractivity contribution in [1.82, 2.24) is 0 Å². The number of benzene rings is 1. The number of hydrogen-bond acceptors (Lipinski definition) is 5. The molecular weight excluding hydrogens is 333 g/mol. The van der Waals surface area contributed by atoms with Crippen molar-refractivity contribution in [2.24, 2.45) is 5.73 Å². The lowest BCUT2D eigenvalue weighted by Crippen LogP contribution is -2.05. The predicted octanol–water partition coefficient (Wildman–Crippen LogP) is 4.41. The summed E-state index contributed by atoms with van der Waals surface area (Å²) in [5, 5.41) is 11.3. The molecule has 24 heavy (non-hydrogen) atoms. The maximum atomic E-state index is 14.2. The Balaban J connectivity index is 2.35. The molecule has 0 fully saturated rings. The molecule has 1 aromatic heterocycles. The number of thioether (sulfide) groups is 1. The lowest BCUT2D eigenvalue weighted by Gasteiger charge is -2.10. The first-order chi connectivity index (χ1) is 11.3. The summed E-state index contributed by atoms with van der Waals surface area (Å²) in [5.74, 6) is -1.49. The molecular formula is C17H18FNO4S. The number of hydrogen-bond donors (Lipinski definition) is 2. The van der Waals surface area contributed by atoms with Crippen molar-refractivity contribution in [2.45, 2.75) is 20.8 Å². The summed E-state index contributed by atoms with van der Waals surface area (Å²) in [6, 6.07) is 2.63. The fourth-order valence-corrected chi connectivity index (χ4v) is 2.75. The highest BCUT2D eigenvalue weighted by atomic mass is 32.2. The van der Waals surface area contributed by atoms with E-state index in [0.717, 1.165) is 4.91 Å². The number of aromatic carboxylic acids is 1. The van der Waals surface area contributed by atoms with Gasteiger partial charge in [0.05, 0.1) is 0 Å². The highest BCUT2D eigenvalue weighted by Gasteiger charge is 2.21. The van der Waals surface area contributed by atoms with Crippen LogP contribution in [0, 0.1) is 12.7 Å². The van der Waals surface area contributed by atoms with Gasteiger partial charge in [-0.2, -0.15) is 0 Å². The molecule has 0 unspecified atom stereocenters. The third kappa shape index (κ3) is 3.73. The second-order valence-corrected chi connectivity index (χ2v) is 6.10. The summed E-state index contributed by atoms with van der Waals surface area (Å²) in [6.07, 6.45) is 1.87. The van der Waals surface area contributed by atoms with E-state index in [9.17, 15) is 14.3 Å². The molecule has 0 bridgehead atoms. The molecule has 128 valence electrons. The van der Waals surface area contributed by atoms with E-state index in [1.807, 2.05) is 18.4 Å². The quantitative estimate of drug-likeness (QED) is 0.801. The van der Waals surface area contributed by atoms with Crippen LogP contribution < -0.4 is 10.5 Å². The molecule has 7 heteroatoms. The first-order valence-corrected chi connectivity index (χ1v) is 8.04.